The zero-order valence-electron chi connectivity index (χ0n) is 18.8. The predicted octanol–water partition coefficient (Wildman–Crippen LogP) is 4.66. The van der Waals surface area contributed by atoms with E-state index in [4.69, 9.17) is 16.3 Å². The summed E-state index contributed by atoms with van der Waals surface area (Å²) in [5.74, 6) is 0.322. The van der Waals surface area contributed by atoms with Gasteiger partial charge in [0.15, 0.2) is 0 Å². The molecule has 0 aliphatic carbocycles. The third kappa shape index (κ3) is 6.27. The highest BCUT2D eigenvalue weighted by Crippen LogP contribution is 2.28. The Balaban J connectivity index is 1.73. The summed E-state index contributed by atoms with van der Waals surface area (Å²) in [5.41, 5.74) is 3.13. The lowest BCUT2D eigenvalue weighted by atomic mass is 10.1. The van der Waals surface area contributed by atoms with Gasteiger partial charge in [-0.15, -0.1) is 0 Å². The van der Waals surface area contributed by atoms with E-state index in [0.29, 0.717) is 16.3 Å². The average Bonchev–Trinajstić information content (AvgIpc) is 2.78. The monoisotopic (exact) mass is 486 g/mol. The molecular weight excluding hydrogens is 460 g/mol. The number of carbonyl (C=O) groups is 1. The Kier molecular flexibility index (Phi) is 8.00. The Hall–Kier alpha value is -3.03. The van der Waals surface area contributed by atoms with Crippen LogP contribution in [0.3, 0.4) is 0 Å². The van der Waals surface area contributed by atoms with E-state index in [-0.39, 0.29) is 24.6 Å². The minimum Gasteiger partial charge on any atom is -0.491 e. The average molecular weight is 487 g/mol. The summed E-state index contributed by atoms with van der Waals surface area (Å²) in [7, 11) is -3.97. The number of halogens is 1. The second-order valence-electron chi connectivity index (χ2n) is 7.72. The molecule has 0 atom stereocenters. The maximum absolute atomic E-state index is 13.4. The Morgan fingerprint density at radius 1 is 0.970 bits per heavy atom. The number of hydrogen-bond acceptors (Lipinski definition) is 4. The van der Waals surface area contributed by atoms with E-state index in [1.807, 2.05) is 32.0 Å². The van der Waals surface area contributed by atoms with Gasteiger partial charge in [-0.25, -0.2) is 8.42 Å². The smallest absolute Gasteiger partial charge is 0.264 e. The lowest BCUT2D eigenvalue weighted by Gasteiger charge is -2.25. The topological polar surface area (TPSA) is 75.7 Å². The second-order valence-corrected chi connectivity index (χ2v) is 10.0. The molecule has 8 heteroatoms. The summed E-state index contributed by atoms with van der Waals surface area (Å²) in [6, 6.07) is 18.8. The molecule has 0 unspecified atom stereocenters. The van der Waals surface area contributed by atoms with E-state index >= 15 is 0 Å². The van der Waals surface area contributed by atoms with Gasteiger partial charge < -0.3 is 10.1 Å². The number of sulfonamides is 1. The number of nitrogens with one attached hydrogen (secondary N) is 1. The fourth-order valence-electron chi connectivity index (χ4n) is 3.32. The van der Waals surface area contributed by atoms with Crippen molar-refractivity contribution in [1.82, 2.24) is 5.32 Å². The van der Waals surface area contributed by atoms with Crippen LogP contribution in [0.15, 0.2) is 71.6 Å². The molecule has 174 valence electrons. The van der Waals surface area contributed by atoms with Crippen LogP contribution >= 0.6 is 11.6 Å². The van der Waals surface area contributed by atoms with Gasteiger partial charge in [-0.1, -0.05) is 41.9 Å². The first-order valence-electron chi connectivity index (χ1n) is 10.5. The largest absolute Gasteiger partial charge is 0.491 e. The molecule has 0 aromatic heterocycles. The number of carbonyl (C=O) groups excluding carboxylic acids is 1. The molecule has 0 radical (unpaired) electrons. The van der Waals surface area contributed by atoms with E-state index in [0.717, 1.165) is 21.2 Å². The lowest BCUT2D eigenvalue weighted by Crippen LogP contribution is -2.42. The molecule has 0 saturated heterocycles. The number of nitrogens with zero attached hydrogens (tertiary/aromatic N) is 1. The fourth-order valence-corrected chi connectivity index (χ4v) is 5.05. The number of anilines is 1. The van der Waals surface area contributed by atoms with Crippen molar-refractivity contribution in [2.45, 2.75) is 25.7 Å². The summed E-state index contributed by atoms with van der Waals surface area (Å²) in [5, 5.41) is 3.23. The highest BCUT2D eigenvalue weighted by atomic mass is 35.5. The van der Waals surface area contributed by atoms with E-state index in [9.17, 15) is 13.2 Å². The van der Waals surface area contributed by atoms with E-state index in [2.05, 4.69) is 5.32 Å². The van der Waals surface area contributed by atoms with Gasteiger partial charge in [0.25, 0.3) is 10.0 Å². The molecule has 1 N–H and O–H groups in total. The van der Waals surface area contributed by atoms with Crippen LogP contribution in [0.5, 0.6) is 5.75 Å². The molecule has 33 heavy (non-hydrogen) atoms. The Morgan fingerprint density at radius 2 is 1.70 bits per heavy atom. The van der Waals surface area contributed by atoms with Gasteiger partial charge in [0.2, 0.25) is 5.91 Å². The van der Waals surface area contributed by atoms with Gasteiger partial charge in [-0.05, 0) is 73.9 Å². The summed E-state index contributed by atoms with van der Waals surface area (Å²) in [6.45, 7) is 5.82. The first-order valence-corrected chi connectivity index (χ1v) is 12.3. The van der Waals surface area contributed by atoms with Crippen molar-refractivity contribution < 1.29 is 17.9 Å². The number of benzene rings is 3. The highest BCUT2D eigenvalue weighted by molar-refractivity contribution is 7.92. The predicted molar refractivity (Wildman–Crippen MR) is 132 cm³/mol. The van der Waals surface area contributed by atoms with Crippen LogP contribution in [0.2, 0.25) is 5.02 Å². The fraction of sp³-hybridized carbons (Fsp3) is 0.240. The third-order valence-corrected chi connectivity index (χ3v) is 7.08. The third-order valence-electron chi connectivity index (χ3n) is 5.07. The summed E-state index contributed by atoms with van der Waals surface area (Å²) in [6.07, 6.45) is 0. The normalized spacial score (nSPS) is 11.2. The molecule has 3 aromatic rings. The number of ether oxygens (including phenoxy) is 1. The van der Waals surface area contributed by atoms with Crippen molar-refractivity contribution in [3.05, 3.63) is 88.4 Å². The maximum Gasteiger partial charge on any atom is 0.264 e. The first-order chi connectivity index (χ1) is 15.7. The van der Waals surface area contributed by atoms with Crippen LogP contribution in [-0.2, 0) is 14.8 Å². The molecule has 6 nitrogen and oxygen atoms in total. The first kappa shape index (κ1) is 24.6. The SMILES string of the molecule is Cc1ccc(C)c(OCCNC(=O)CN(c2ccc(Cl)cc2C)S(=O)(=O)c2ccccc2)c1. The van der Waals surface area contributed by atoms with Crippen molar-refractivity contribution in [3.63, 3.8) is 0 Å². The lowest BCUT2D eigenvalue weighted by molar-refractivity contribution is -0.119. The summed E-state index contributed by atoms with van der Waals surface area (Å²) >= 11 is 6.05. The molecule has 3 aromatic carbocycles. The van der Waals surface area contributed by atoms with Gasteiger partial charge >= 0.3 is 0 Å². The van der Waals surface area contributed by atoms with Crippen molar-refractivity contribution >= 4 is 33.2 Å². The van der Waals surface area contributed by atoms with Crippen LogP contribution in [0.1, 0.15) is 16.7 Å². The van der Waals surface area contributed by atoms with Crippen molar-refractivity contribution in [3.8, 4) is 5.75 Å². The van der Waals surface area contributed by atoms with Crippen molar-refractivity contribution in [1.29, 1.82) is 0 Å². The number of rotatable bonds is 9. The zero-order valence-corrected chi connectivity index (χ0v) is 20.4. The van der Waals surface area contributed by atoms with Crippen LogP contribution in [0.25, 0.3) is 0 Å². The van der Waals surface area contributed by atoms with Gasteiger partial charge in [0.05, 0.1) is 17.1 Å². The Bertz CT molecular complexity index is 1230. The van der Waals surface area contributed by atoms with Crippen molar-refractivity contribution in [2.24, 2.45) is 0 Å². The Labute approximate surface area is 200 Å². The standard InChI is InChI=1S/C25H27ClN2O4S/c1-18-9-10-19(2)24(15-18)32-14-13-27-25(29)17-28(23-12-11-21(26)16-20(23)3)33(30,31)22-7-5-4-6-8-22/h4-12,15-16H,13-14,17H2,1-3H3,(H,27,29). The van der Waals surface area contributed by atoms with Gasteiger partial charge in [-0.2, -0.15) is 0 Å². The van der Waals surface area contributed by atoms with Crippen LogP contribution in [0.4, 0.5) is 5.69 Å². The van der Waals surface area contributed by atoms with Gasteiger partial charge in [0.1, 0.15) is 18.9 Å². The van der Waals surface area contributed by atoms with Crippen LogP contribution in [-0.4, -0.2) is 34.0 Å². The molecule has 0 heterocycles. The highest BCUT2D eigenvalue weighted by Gasteiger charge is 2.28. The molecule has 0 saturated carbocycles. The molecule has 3 rings (SSSR count). The van der Waals surface area contributed by atoms with Crippen LogP contribution < -0.4 is 14.4 Å². The zero-order chi connectivity index (χ0) is 24.0. The molecule has 0 spiro atoms. The molecule has 0 aliphatic heterocycles. The van der Waals surface area contributed by atoms with E-state index in [1.165, 1.54) is 12.1 Å². The van der Waals surface area contributed by atoms with E-state index < -0.39 is 15.9 Å². The van der Waals surface area contributed by atoms with Crippen LogP contribution in [0, 0.1) is 20.8 Å². The van der Waals surface area contributed by atoms with Gasteiger partial charge in [0, 0.05) is 5.02 Å². The quantitative estimate of drug-likeness (QED) is 0.446. The minimum atomic E-state index is -3.97. The van der Waals surface area contributed by atoms with Gasteiger partial charge in [-0.3, -0.25) is 9.10 Å². The second kappa shape index (κ2) is 10.7. The molecule has 1 amide bonds. The van der Waals surface area contributed by atoms with E-state index in [1.54, 1.807) is 43.3 Å². The minimum absolute atomic E-state index is 0.102. The number of aryl methyl sites for hydroxylation is 3. The molecular formula is C25H27ClN2O4S. The summed E-state index contributed by atoms with van der Waals surface area (Å²) in [4.78, 5) is 12.8. The number of amides is 1. The summed E-state index contributed by atoms with van der Waals surface area (Å²) < 4.78 is 33.6. The molecule has 0 bridgehead atoms. The maximum atomic E-state index is 13.4. The molecule has 0 aliphatic rings. The Morgan fingerprint density at radius 3 is 2.39 bits per heavy atom. The molecule has 0 fully saturated rings. The number of hydrogen-bond donors (Lipinski definition) is 1. The van der Waals surface area contributed by atoms with Crippen molar-refractivity contribution in [2.75, 3.05) is 24.0 Å².